The lowest BCUT2D eigenvalue weighted by atomic mass is 9.92. The first kappa shape index (κ1) is 15.9. The van der Waals surface area contributed by atoms with E-state index in [-0.39, 0.29) is 11.4 Å². The first-order chi connectivity index (χ1) is 9.30. The lowest BCUT2D eigenvalue weighted by Gasteiger charge is -2.46. The minimum Gasteiger partial charge on any atom is -0.309 e. The van der Waals surface area contributed by atoms with Crippen molar-refractivity contribution in [3.63, 3.8) is 0 Å². The molecule has 2 nitrogen and oxygen atoms in total. The van der Waals surface area contributed by atoms with E-state index < -0.39 is 0 Å². The van der Waals surface area contributed by atoms with E-state index in [1.165, 1.54) is 6.07 Å². The zero-order valence-electron chi connectivity index (χ0n) is 12.7. The van der Waals surface area contributed by atoms with Crippen LogP contribution in [0.2, 0.25) is 0 Å². The maximum Gasteiger partial charge on any atom is 0.137 e. The van der Waals surface area contributed by atoms with Gasteiger partial charge in [0.2, 0.25) is 0 Å². The third-order valence-electron chi connectivity index (χ3n) is 4.03. The van der Waals surface area contributed by atoms with Crippen LogP contribution in [0.1, 0.15) is 33.3 Å². The van der Waals surface area contributed by atoms with Crippen LogP contribution in [-0.4, -0.2) is 29.6 Å². The maximum atomic E-state index is 13.7. The molecule has 20 heavy (non-hydrogen) atoms. The topological polar surface area (TPSA) is 15.3 Å². The highest BCUT2D eigenvalue weighted by Crippen LogP contribution is 2.26. The largest absolute Gasteiger partial charge is 0.309 e. The van der Waals surface area contributed by atoms with E-state index in [0.717, 1.165) is 25.2 Å². The van der Waals surface area contributed by atoms with Gasteiger partial charge in [-0.2, -0.15) is 0 Å². The molecule has 0 saturated carbocycles. The Morgan fingerprint density at radius 1 is 1.45 bits per heavy atom. The van der Waals surface area contributed by atoms with Crippen molar-refractivity contribution in [1.82, 2.24) is 10.2 Å². The minimum absolute atomic E-state index is 0.102. The summed E-state index contributed by atoms with van der Waals surface area (Å²) in [6.45, 7) is 11.7. The van der Waals surface area contributed by atoms with Crippen molar-refractivity contribution in [2.24, 2.45) is 5.92 Å². The van der Waals surface area contributed by atoms with E-state index in [0.29, 0.717) is 16.4 Å². The first-order valence-corrected chi connectivity index (χ1v) is 8.01. The van der Waals surface area contributed by atoms with Crippen molar-refractivity contribution in [3.8, 4) is 0 Å². The van der Waals surface area contributed by atoms with E-state index in [2.05, 4.69) is 53.8 Å². The predicted octanol–water partition coefficient (Wildman–Crippen LogP) is 3.80. The van der Waals surface area contributed by atoms with Crippen LogP contribution < -0.4 is 5.32 Å². The fraction of sp³-hybridized carbons (Fsp3) is 0.625. The Bertz CT molecular complexity index is 474. The number of piperazine rings is 1. The predicted molar refractivity (Wildman–Crippen MR) is 85.2 cm³/mol. The SMILES string of the molecule is CC(C)C1CNC(C)(C)CN1Cc1cccc(F)c1Br. The Kier molecular flexibility index (Phi) is 4.88. The van der Waals surface area contributed by atoms with Gasteiger partial charge in [-0.25, -0.2) is 4.39 Å². The van der Waals surface area contributed by atoms with Crippen LogP contribution in [0.25, 0.3) is 0 Å². The standard InChI is InChI=1S/C16H24BrFN2/c1-11(2)14-8-19-16(3,4)10-20(14)9-12-6-5-7-13(18)15(12)17/h5-7,11,14,19H,8-10H2,1-4H3. The van der Waals surface area contributed by atoms with Crippen molar-refractivity contribution in [3.05, 3.63) is 34.1 Å². The molecule has 1 aliphatic heterocycles. The molecule has 0 aliphatic carbocycles. The molecule has 0 amide bonds. The first-order valence-electron chi connectivity index (χ1n) is 7.22. The average molecular weight is 343 g/mol. The summed E-state index contributed by atoms with van der Waals surface area (Å²) < 4.78 is 14.3. The summed E-state index contributed by atoms with van der Waals surface area (Å²) in [6, 6.07) is 5.76. The number of hydrogen-bond donors (Lipinski definition) is 1. The van der Waals surface area contributed by atoms with Crippen molar-refractivity contribution in [1.29, 1.82) is 0 Å². The molecule has 1 aliphatic rings. The molecule has 0 spiro atoms. The molecular weight excluding hydrogens is 319 g/mol. The Balaban J connectivity index is 2.21. The number of benzene rings is 1. The van der Waals surface area contributed by atoms with Crippen LogP contribution >= 0.6 is 15.9 Å². The highest BCUT2D eigenvalue weighted by atomic mass is 79.9. The fourth-order valence-corrected chi connectivity index (χ4v) is 3.30. The van der Waals surface area contributed by atoms with Gasteiger partial charge in [0.25, 0.3) is 0 Å². The van der Waals surface area contributed by atoms with Gasteiger partial charge in [0.15, 0.2) is 0 Å². The Hall–Kier alpha value is -0.450. The monoisotopic (exact) mass is 342 g/mol. The summed E-state index contributed by atoms with van der Waals surface area (Å²) in [6.07, 6.45) is 0. The molecule has 2 rings (SSSR count). The third kappa shape index (κ3) is 3.60. The van der Waals surface area contributed by atoms with Crippen molar-refractivity contribution >= 4 is 15.9 Å². The lowest BCUT2D eigenvalue weighted by Crippen LogP contribution is -2.62. The van der Waals surface area contributed by atoms with Crippen LogP contribution in [0.3, 0.4) is 0 Å². The molecule has 0 aromatic heterocycles. The lowest BCUT2D eigenvalue weighted by molar-refractivity contribution is 0.0625. The zero-order valence-corrected chi connectivity index (χ0v) is 14.3. The smallest absolute Gasteiger partial charge is 0.137 e. The normalized spacial score (nSPS) is 23.2. The van der Waals surface area contributed by atoms with E-state index >= 15 is 0 Å². The number of rotatable bonds is 3. The molecule has 1 heterocycles. The molecule has 1 aromatic rings. The second-order valence-corrected chi connectivity index (χ2v) is 7.49. The van der Waals surface area contributed by atoms with Gasteiger partial charge >= 0.3 is 0 Å². The van der Waals surface area contributed by atoms with Crippen molar-refractivity contribution in [2.75, 3.05) is 13.1 Å². The summed E-state index contributed by atoms with van der Waals surface area (Å²) >= 11 is 3.38. The number of hydrogen-bond acceptors (Lipinski definition) is 2. The summed E-state index contributed by atoms with van der Waals surface area (Å²) in [5.41, 5.74) is 1.12. The van der Waals surface area contributed by atoms with Crippen LogP contribution in [-0.2, 0) is 6.54 Å². The van der Waals surface area contributed by atoms with Crippen molar-refractivity contribution < 1.29 is 4.39 Å². The van der Waals surface area contributed by atoms with Gasteiger partial charge in [0, 0.05) is 31.2 Å². The van der Waals surface area contributed by atoms with E-state index in [9.17, 15) is 4.39 Å². The van der Waals surface area contributed by atoms with Crippen molar-refractivity contribution in [2.45, 2.75) is 45.8 Å². The Labute approximate surface area is 129 Å². The van der Waals surface area contributed by atoms with E-state index in [4.69, 9.17) is 0 Å². The molecule has 1 atom stereocenters. The molecule has 1 N–H and O–H groups in total. The number of nitrogens with zero attached hydrogens (tertiary/aromatic N) is 1. The quantitative estimate of drug-likeness (QED) is 0.898. The van der Waals surface area contributed by atoms with Crippen LogP contribution in [0.15, 0.2) is 22.7 Å². The molecule has 0 radical (unpaired) electrons. The van der Waals surface area contributed by atoms with Gasteiger partial charge in [-0.15, -0.1) is 0 Å². The number of halogens is 2. The molecule has 4 heteroatoms. The molecular formula is C16H24BrFN2. The second kappa shape index (κ2) is 6.12. The van der Waals surface area contributed by atoms with Gasteiger partial charge in [-0.1, -0.05) is 26.0 Å². The molecule has 1 aromatic carbocycles. The summed E-state index contributed by atoms with van der Waals surface area (Å²) in [5, 5.41) is 3.60. The second-order valence-electron chi connectivity index (χ2n) is 6.69. The van der Waals surface area contributed by atoms with Gasteiger partial charge in [0.1, 0.15) is 5.82 Å². The van der Waals surface area contributed by atoms with Crippen LogP contribution in [0.4, 0.5) is 4.39 Å². The molecule has 112 valence electrons. The molecule has 1 fully saturated rings. The summed E-state index contributed by atoms with van der Waals surface area (Å²) in [5.74, 6) is 0.393. The number of nitrogens with one attached hydrogen (secondary N) is 1. The maximum absolute atomic E-state index is 13.7. The molecule has 1 saturated heterocycles. The average Bonchev–Trinajstić information content (AvgIpc) is 2.33. The Morgan fingerprint density at radius 3 is 2.80 bits per heavy atom. The zero-order chi connectivity index (χ0) is 14.9. The van der Waals surface area contributed by atoms with Gasteiger partial charge in [-0.05, 0) is 47.3 Å². The van der Waals surface area contributed by atoms with E-state index in [1.807, 2.05) is 6.07 Å². The third-order valence-corrected chi connectivity index (χ3v) is 4.92. The van der Waals surface area contributed by atoms with Gasteiger partial charge < -0.3 is 5.32 Å². The van der Waals surface area contributed by atoms with E-state index in [1.54, 1.807) is 6.07 Å². The Morgan fingerprint density at radius 2 is 2.15 bits per heavy atom. The minimum atomic E-state index is -0.182. The highest BCUT2D eigenvalue weighted by Gasteiger charge is 2.34. The van der Waals surface area contributed by atoms with Crippen LogP contribution in [0.5, 0.6) is 0 Å². The van der Waals surface area contributed by atoms with Crippen LogP contribution in [0, 0.1) is 11.7 Å². The fourth-order valence-electron chi connectivity index (χ4n) is 2.91. The summed E-state index contributed by atoms with van der Waals surface area (Å²) in [4.78, 5) is 2.47. The van der Waals surface area contributed by atoms with Gasteiger partial charge in [-0.3, -0.25) is 4.90 Å². The highest BCUT2D eigenvalue weighted by molar-refractivity contribution is 9.10. The molecule has 1 unspecified atom stereocenters. The van der Waals surface area contributed by atoms with Gasteiger partial charge in [0.05, 0.1) is 4.47 Å². The molecule has 0 bridgehead atoms. The summed E-state index contributed by atoms with van der Waals surface area (Å²) in [7, 11) is 0.